The molecule has 7 nitrogen and oxygen atoms in total. The van der Waals surface area contributed by atoms with Crippen LogP contribution in [-0.2, 0) is 0 Å². The van der Waals surface area contributed by atoms with Crippen molar-refractivity contribution >= 4 is 17.8 Å². The Morgan fingerprint density at radius 1 is 1.21 bits per heavy atom. The Balaban J connectivity index is 2.08. The second kappa shape index (κ2) is 5.27. The third-order valence-corrected chi connectivity index (χ3v) is 2.17. The Morgan fingerprint density at radius 3 is 2.53 bits per heavy atom. The quantitative estimate of drug-likeness (QED) is 0.571. The number of hydroxylamine groups is 1. The van der Waals surface area contributed by atoms with Gasteiger partial charge in [-0.3, -0.25) is 20.1 Å². The van der Waals surface area contributed by atoms with Crippen molar-refractivity contribution in [2.24, 2.45) is 0 Å². The largest absolute Gasteiger partial charge is 0.431 e. The molecule has 0 spiro atoms. The number of amides is 2. The average Bonchev–Trinajstić information content (AvgIpc) is 2.87. The molecule has 0 aliphatic rings. The SMILES string of the molecule is O=C(Nc1nc(C(=O)NO)co1)c1ccc(F)cc1. The molecule has 0 saturated carbocycles. The number of hydrogen-bond acceptors (Lipinski definition) is 5. The van der Waals surface area contributed by atoms with Gasteiger partial charge in [-0.2, -0.15) is 4.98 Å². The number of nitrogens with zero attached hydrogens (tertiary/aromatic N) is 1. The Bertz CT molecular complexity index is 609. The molecule has 0 saturated heterocycles. The first kappa shape index (κ1) is 12.7. The van der Waals surface area contributed by atoms with E-state index in [-0.39, 0.29) is 17.3 Å². The number of carbonyl (C=O) groups excluding carboxylic acids is 2. The highest BCUT2D eigenvalue weighted by Crippen LogP contribution is 2.10. The van der Waals surface area contributed by atoms with Crippen molar-refractivity contribution < 1.29 is 23.6 Å². The summed E-state index contributed by atoms with van der Waals surface area (Å²) in [5.74, 6) is -1.90. The Kier molecular flexibility index (Phi) is 3.53. The summed E-state index contributed by atoms with van der Waals surface area (Å²) in [6, 6.07) is 4.63. The topological polar surface area (TPSA) is 104 Å². The molecule has 0 fully saturated rings. The van der Waals surface area contributed by atoms with E-state index in [1.165, 1.54) is 17.6 Å². The summed E-state index contributed by atoms with van der Waals surface area (Å²) in [5, 5.41) is 10.7. The number of hydrogen-bond donors (Lipinski definition) is 3. The van der Waals surface area contributed by atoms with Gasteiger partial charge >= 0.3 is 6.01 Å². The van der Waals surface area contributed by atoms with Gasteiger partial charge in [-0.05, 0) is 24.3 Å². The molecule has 1 aromatic carbocycles. The van der Waals surface area contributed by atoms with Crippen LogP contribution in [0.3, 0.4) is 0 Å². The van der Waals surface area contributed by atoms with Gasteiger partial charge < -0.3 is 4.42 Å². The number of rotatable bonds is 3. The van der Waals surface area contributed by atoms with E-state index in [1.54, 1.807) is 0 Å². The van der Waals surface area contributed by atoms with Gasteiger partial charge in [0.1, 0.15) is 12.1 Å². The van der Waals surface area contributed by atoms with Crippen molar-refractivity contribution in [1.29, 1.82) is 0 Å². The van der Waals surface area contributed by atoms with Gasteiger partial charge in [-0.15, -0.1) is 0 Å². The molecule has 2 rings (SSSR count). The number of oxazole rings is 1. The Labute approximate surface area is 106 Å². The second-order valence-electron chi connectivity index (χ2n) is 3.44. The zero-order valence-electron chi connectivity index (χ0n) is 9.38. The minimum Gasteiger partial charge on any atom is -0.431 e. The molecule has 1 aromatic heterocycles. The predicted octanol–water partition coefficient (Wildman–Crippen LogP) is 1.19. The molecule has 19 heavy (non-hydrogen) atoms. The maximum absolute atomic E-state index is 12.7. The van der Waals surface area contributed by atoms with E-state index in [2.05, 4.69) is 10.3 Å². The summed E-state index contributed by atoms with van der Waals surface area (Å²) in [7, 11) is 0. The molecule has 2 aromatic rings. The molecular weight excluding hydrogens is 257 g/mol. The second-order valence-corrected chi connectivity index (χ2v) is 3.44. The first-order valence-corrected chi connectivity index (χ1v) is 5.07. The van der Waals surface area contributed by atoms with E-state index in [0.29, 0.717) is 0 Å². The van der Waals surface area contributed by atoms with Crippen molar-refractivity contribution in [1.82, 2.24) is 10.5 Å². The van der Waals surface area contributed by atoms with E-state index in [0.717, 1.165) is 18.4 Å². The third kappa shape index (κ3) is 2.93. The monoisotopic (exact) mass is 265 g/mol. The summed E-state index contributed by atoms with van der Waals surface area (Å²) >= 11 is 0. The highest BCUT2D eigenvalue weighted by atomic mass is 19.1. The molecule has 0 aliphatic heterocycles. The highest BCUT2D eigenvalue weighted by Gasteiger charge is 2.14. The van der Waals surface area contributed by atoms with E-state index < -0.39 is 17.6 Å². The first-order chi connectivity index (χ1) is 9.10. The average molecular weight is 265 g/mol. The van der Waals surface area contributed by atoms with Crippen molar-refractivity contribution in [3.63, 3.8) is 0 Å². The van der Waals surface area contributed by atoms with Crippen LogP contribution in [0.15, 0.2) is 34.9 Å². The molecule has 1 heterocycles. The number of aromatic nitrogens is 1. The molecule has 0 aliphatic carbocycles. The maximum Gasteiger partial charge on any atom is 0.302 e. The van der Waals surface area contributed by atoms with E-state index >= 15 is 0 Å². The fourth-order valence-electron chi connectivity index (χ4n) is 1.26. The van der Waals surface area contributed by atoms with Gasteiger partial charge in [0.15, 0.2) is 5.69 Å². The van der Waals surface area contributed by atoms with E-state index in [1.807, 2.05) is 0 Å². The minimum atomic E-state index is -0.869. The van der Waals surface area contributed by atoms with E-state index in [4.69, 9.17) is 9.62 Å². The summed E-state index contributed by atoms with van der Waals surface area (Å²) in [4.78, 5) is 26.3. The van der Waals surface area contributed by atoms with Crippen molar-refractivity contribution in [2.75, 3.05) is 5.32 Å². The van der Waals surface area contributed by atoms with E-state index in [9.17, 15) is 14.0 Å². The summed E-state index contributed by atoms with van der Waals surface area (Å²) in [6.07, 6.45) is 0.964. The molecule has 0 bridgehead atoms. The number of anilines is 1. The van der Waals surface area contributed by atoms with Gasteiger partial charge in [0.2, 0.25) is 0 Å². The molecule has 0 unspecified atom stereocenters. The first-order valence-electron chi connectivity index (χ1n) is 5.07. The zero-order chi connectivity index (χ0) is 13.8. The fourth-order valence-corrected chi connectivity index (χ4v) is 1.26. The predicted molar refractivity (Wildman–Crippen MR) is 60.1 cm³/mol. The lowest BCUT2D eigenvalue weighted by molar-refractivity contribution is 0.0700. The van der Waals surface area contributed by atoms with Crippen LogP contribution in [0.25, 0.3) is 0 Å². The lowest BCUT2D eigenvalue weighted by Crippen LogP contribution is -2.19. The van der Waals surface area contributed by atoms with Gasteiger partial charge in [0, 0.05) is 5.56 Å². The summed E-state index contributed by atoms with van der Waals surface area (Å²) in [5.41, 5.74) is 1.37. The number of carbonyl (C=O) groups is 2. The Morgan fingerprint density at radius 2 is 1.89 bits per heavy atom. The van der Waals surface area contributed by atoms with Crippen LogP contribution in [0.1, 0.15) is 20.8 Å². The van der Waals surface area contributed by atoms with Crippen molar-refractivity contribution in [2.45, 2.75) is 0 Å². The minimum absolute atomic E-state index is 0.197. The van der Waals surface area contributed by atoms with Crippen LogP contribution >= 0.6 is 0 Å². The van der Waals surface area contributed by atoms with Gasteiger partial charge in [-0.25, -0.2) is 9.87 Å². The molecule has 8 heteroatoms. The van der Waals surface area contributed by atoms with Crippen molar-refractivity contribution in [3.05, 3.63) is 47.6 Å². The van der Waals surface area contributed by atoms with Crippen LogP contribution in [0.4, 0.5) is 10.4 Å². The molecule has 3 N–H and O–H groups in total. The third-order valence-electron chi connectivity index (χ3n) is 2.17. The van der Waals surface area contributed by atoms with Gasteiger partial charge in [-0.1, -0.05) is 0 Å². The number of halogens is 1. The van der Waals surface area contributed by atoms with Crippen LogP contribution in [0, 0.1) is 5.82 Å². The normalized spacial score (nSPS) is 10.0. The van der Waals surface area contributed by atoms with Gasteiger partial charge in [0.25, 0.3) is 11.8 Å². The summed E-state index contributed by atoms with van der Waals surface area (Å²) < 4.78 is 17.5. The number of benzene rings is 1. The molecule has 2 amide bonds. The zero-order valence-corrected chi connectivity index (χ0v) is 9.38. The Hall–Kier alpha value is -2.74. The standard InChI is InChI=1S/C11H8FN3O4/c12-7-3-1-6(2-4-7)9(16)14-11-13-8(5-19-11)10(17)15-18/h1-5,18H,(H,15,17)(H,13,14,16). The lowest BCUT2D eigenvalue weighted by Gasteiger charge is -2.00. The highest BCUT2D eigenvalue weighted by molar-refractivity contribution is 6.03. The number of nitrogens with one attached hydrogen (secondary N) is 2. The van der Waals surface area contributed by atoms with Crippen LogP contribution in [0.5, 0.6) is 0 Å². The van der Waals surface area contributed by atoms with Crippen molar-refractivity contribution in [3.8, 4) is 0 Å². The smallest absolute Gasteiger partial charge is 0.302 e. The fraction of sp³-hybridized carbons (Fsp3) is 0. The molecule has 98 valence electrons. The van der Waals surface area contributed by atoms with Crippen LogP contribution < -0.4 is 10.8 Å². The van der Waals surface area contributed by atoms with Gasteiger partial charge in [0.05, 0.1) is 0 Å². The maximum atomic E-state index is 12.7. The molecule has 0 radical (unpaired) electrons. The lowest BCUT2D eigenvalue weighted by atomic mass is 10.2. The summed E-state index contributed by atoms with van der Waals surface area (Å²) in [6.45, 7) is 0. The van der Waals surface area contributed by atoms with Crippen LogP contribution in [-0.4, -0.2) is 22.0 Å². The molecule has 0 atom stereocenters. The molecular formula is C11H8FN3O4. The van der Waals surface area contributed by atoms with Crippen LogP contribution in [0.2, 0.25) is 0 Å².